The minimum absolute atomic E-state index is 0.160. The quantitative estimate of drug-likeness (QED) is 0.823. The van der Waals surface area contributed by atoms with E-state index in [1.165, 1.54) is 12.7 Å². The molecule has 1 heterocycles. The molecule has 0 aliphatic heterocycles. The molecule has 1 aromatic heterocycles. The summed E-state index contributed by atoms with van der Waals surface area (Å²) in [6, 6.07) is 6.03. The van der Waals surface area contributed by atoms with Gasteiger partial charge in [0.15, 0.2) is 6.04 Å². The fraction of sp³-hybridized carbons (Fsp3) is 0.286. The van der Waals surface area contributed by atoms with E-state index in [4.69, 9.17) is 0 Å². The molecule has 0 saturated carbocycles. The highest BCUT2D eigenvalue weighted by atomic mass is 16.4. The van der Waals surface area contributed by atoms with E-state index in [2.05, 4.69) is 15.5 Å². The monoisotopic (exact) mass is 288 g/mol. The zero-order valence-corrected chi connectivity index (χ0v) is 11.6. The Labute approximate surface area is 121 Å². The van der Waals surface area contributed by atoms with E-state index in [-0.39, 0.29) is 12.3 Å². The molecule has 1 aromatic carbocycles. The van der Waals surface area contributed by atoms with Crippen molar-refractivity contribution >= 4 is 11.9 Å². The Bertz CT molecular complexity index is 625. The second-order valence-corrected chi connectivity index (χ2v) is 4.70. The molecular formula is C14H16N4O3. The Morgan fingerprint density at radius 1 is 1.33 bits per heavy atom. The van der Waals surface area contributed by atoms with Crippen molar-refractivity contribution in [3.8, 4) is 0 Å². The second kappa shape index (κ2) is 6.65. The summed E-state index contributed by atoms with van der Waals surface area (Å²) in [4.78, 5) is 23.2. The summed E-state index contributed by atoms with van der Waals surface area (Å²) in [7, 11) is 0. The lowest BCUT2D eigenvalue weighted by Crippen LogP contribution is -2.34. The van der Waals surface area contributed by atoms with Crippen LogP contribution in [0.25, 0.3) is 0 Å². The number of aryl methyl sites for hydroxylation is 2. The van der Waals surface area contributed by atoms with Gasteiger partial charge in [0.2, 0.25) is 5.91 Å². The van der Waals surface area contributed by atoms with Crippen molar-refractivity contribution in [1.29, 1.82) is 0 Å². The van der Waals surface area contributed by atoms with E-state index < -0.39 is 12.0 Å². The van der Waals surface area contributed by atoms with Gasteiger partial charge in [0.1, 0.15) is 12.7 Å². The lowest BCUT2D eigenvalue weighted by molar-refractivity contribution is -0.142. The lowest BCUT2D eigenvalue weighted by atomic mass is 10.0. The molecule has 2 N–H and O–H groups in total. The molecule has 110 valence electrons. The van der Waals surface area contributed by atoms with Crippen LogP contribution in [0.5, 0.6) is 0 Å². The fourth-order valence-electron chi connectivity index (χ4n) is 1.94. The number of rotatable bonds is 6. The van der Waals surface area contributed by atoms with Gasteiger partial charge in [0.25, 0.3) is 0 Å². The van der Waals surface area contributed by atoms with Crippen molar-refractivity contribution in [3.63, 3.8) is 0 Å². The molecule has 0 aliphatic carbocycles. The predicted octanol–water partition coefficient (Wildman–Crippen LogP) is 0.919. The van der Waals surface area contributed by atoms with Crippen LogP contribution in [0.1, 0.15) is 23.6 Å². The average molecular weight is 288 g/mol. The minimum atomic E-state index is -1.08. The molecule has 0 aliphatic rings. The summed E-state index contributed by atoms with van der Waals surface area (Å²) in [6.07, 6.45) is 3.17. The van der Waals surface area contributed by atoms with Gasteiger partial charge < -0.3 is 15.0 Å². The normalized spacial score (nSPS) is 11.9. The largest absolute Gasteiger partial charge is 0.479 e. The van der Waals surface area contributed by atoms with Crippen molar-refractivity contribution in [2.45, 2.75) is 25.9 Å². The number of amides is 1. The number of carbonyl (C=O) groups is 2. The van der Waals surface area contributed by atoms with Gasteiger partial charge >= 0.3 is 5.97 Å². The zero-order valence-electron chi connectivity index (χ0n) is 11.6. The van der Waals surface area contributed by atoms with Crippen LogP contribution in [-0.2, 0) is 16.1 Å². The third-order valence-corrected chi connectivity index (χ3v) is 2.99. The number of benzene rings is 1. The maximum atomic E-state index is 11.9. The second-order valence-electron chi connectivity index (χ2n) is 4.70. The molecule has 2 aromatic rings. The highest BCUT2D eigenvalue weighted by molar-refractivity contribution is 5.84. The molecule has 21 heavy (non-hydrogen) atoms. The molecule has 1 unspecified atom stereocenters. The average Bonchev–Trinajstić information content (AvgIpc) is 2.95. The number of aromatic nitrogens is 3. The van der Waals surface area contributed by atoms with Gasteiger partial charge in [-0.25, -0.2) is 4.79 Å². The van der Waals surface area contributed by atoms with Crippen molar-refractivity contribution in [1.82, 2.24) is 20.1 Å². The van der Waals surface area contributed by atoms with Crippen molar-refractivity contribution in [2.24, 2.45) is 0 Å². The summed E-state index contributed by atoms with van der Waals surface area (Å²) >= 11 is 0. The van der Waals surface area contributed by atoms with Crippen molar-refractivity contribution in [3.05, 3.63) is 48.0 Å². The van der Waals surface area contributed by atoms with E-state index in [9.17, 15) is 14.7 Å². The Morgan fingerprint density at radius 3 is 2.67 bits per heavy atom. The van der Waals surface area contributed by atoms with Crippen molar-refractivity contribution in [2.75, 3.05) is 0 Å². The van der Waals surface area contributed by atoms with Gasteiger partial charge in [-0.05, 0) is 12.5 Å². The fourth-order valence-corrected chi connectivity index (χ4v) is 1.94. The smallest absolute Gasteiger partial charge is 0.330 e. The Kier molecular flexibility index (Phi) is 4.65. The van der Waals surface area contributed by atoms with Crippen LogP contribution in [-0.4, -0.2) is 31.7 Å². The topological polar surface area (TPSA) is 97.1 Å². The third-order valence-electron chi connectivity index (χ3n) is 2.99. The number of carboxylic acids is 1. The number of aliphatic carboxylic acids is 1. The first-order valence-corrected chi connectivity index (χ1v) is 6.47. The molecule has 0 radical (unpaired) electrons. The molecule has 0 spiro atoms. The standard InChI is InChI=1S/C14H16N4O3/c1-10-3-2-4-11(7-10)13(14(20)21)17-12(19)5-6-18-8-15-16-9-18/h2-4,7-9,13H,5-6H2,1H3,(H,17,19)(H,20,21). The van der Waals surface area contributed by atoms with Crippen LogP contribution in [0.2, 0.25) is 0 Å². The predicted molar refractivity (Wildman–Crippen MR) is 74.3 cm³/mol. The Balaban J connectivity index is 1.99. The molecule has 7 heteroatoms. The molecule has 0 saturated heterocycles. The van der Waals surface area contributed by atoms with Gasteiger partial charge in [-0.2, -0.15) is 0 Å². The number of nitrogens with one attached hydrogen (secondary N) is 1. The highest BCUT2D eigenvalue weighted by Crippen LogP contribution is 2.15. The van der Waals surface area contributed by atoms with Crippen LogP contribution in [0.3, 0.4) is 0 Å². The Morgan fingerprint density at radius 2 is 2.05 bits per heavy atom. The molecule has 0 bridgehead atoms. The maximum Gasteiger partial charge on any atom is 0.330 e. The number of hydrogen-bond donors (Lipinski definition) is 2. The van der Waals surface area contributed by atoms with E-state index in [1.54, 1.807) is 22.8 Å². The van der Waals surface area contributed by atoms with Crippen LogP contribution in [0, 0.1) is 6.92 Å². The van der Waals surface area contributed by atoms with Crippen LogP contribution in [0.15, 0.2) is 36.9 Å². The van der Waals surface area contributed by atoms with Crippen LogP contribution in [0.4, 0.5) is 0 Å². The Hall–Kier alpha value is -2.70. The number of hydrogen-bond acceptors (Lipinski definition) is 4. The zero-order chi connectivity index (χ0) is 15.2. The molecule has 1 atom stereocenters. The van der Waals surface area contributed by atoms with Gasteiger partial charge in [-0.1, -0.05) is 29.8 Å². The van der Waals surface area contributed by atoms with Gasteiger partial charge in [0, 0.05) is 13.0 Å². The SMILES string of the molecule is Cc1cccc(C(NC(=O)CCn2cnnc2)C(=O)O)c1. The first-order valence-electron chi connectivity index (χ1n) is 6.47. The lowest BCUT2D eigenvalue weighted by Gasteiger charge is -2.15. The summed E-state index contributed by atoms with van der Waals surface area (Å²) < 4.78 is 1.65. The first-order chi connectivity index (χ1) is 10.1. The van der Waals surface area contributed by atoms with Crippen molar-refractivity contribution < 1.29 is 14.7 Å². The molecular weight excluding hydrogens is 272 g/mol. The number of carbonyl (C=O) groups excluding carboxylic acids is 1. The summed E-state index contributed by atoms with van der Waals surface area (Å²) in [6.45, 7) is 2.27. The molecule has 7 nitrogen and oxygen atoms in total. The highest BCUT2D eigenvalue weighted by Gasteiger charge is 2.21. The van der Waals surface area contributed by atoms with Gasteiger partial charge in [-0.15, -0.1) is 10.2 Å². The van der Waals surface area contributed by atoms with Gasteiger partial charge in [-0.3, -0.25) is 4.79 Å². The maximum absolute atomic E-state index is 11.9. The summed E-state index contributed by atoms with van der Waals surface area (Å²) in [5, 5.41) is 19.1. The molecule has 2 rings (SSSR count). The molecule has 0 fully saturated rings. The van der Waals surface area contributed by atoms with E-state index in [0.29, 0.717) is 12.1 Å². The number of nitrogens with zero attached hydrogens (tertiary/aromatic N) is 3. The van der Waals surface area contributed by atoms with Crippen LogP contribution >= 0.6 is 0 Å². The number of carboxylic acid groups (broad SMARTS) is 1. The minimum Gasteiger partial charge on any atom is -0.479 e. The summed E-state index contributed by atoms with van der Waals surface area (Å²) in [5.41, 5.74) is 1.50. The summed E-state index contributed by atoms with van der Waals surface area (Å²) in [5.74, 6) is -1.42. The van der Waals surface area contributed by atoms with E-state index >= 15 is 0 Å². The van der Waals surface area contributed by atoms with E-state index in [1.807, 2.05) is 13.0 Å². The van der Waals surface area contributed by atoms with Crippen LogP contribution < -0.4 is 5.32 Å². The molecule has 1 amide bonds. The van der Waals surface area contributed by atoms with E-state index in [0.717, 1.165) is 5.56 Å². The third kappa shape index (κ3) is 4.13. The van der Waals surface area contributed by atoms with Gasteiger partial charge in [0.05, 0.1) is 0 Å². The first kappa shape index (κ1) is 14.7.